The number of hydrogen-bond donors (Lipinski definition) is 1. The van der Waals surface area contributed by atoms with E-state index in [4.69, 9.17) is 0 Å². The molecule has 0 aromatic carbocycles. The molecule has 122 valence electrons. The van der Waals surface area contributed by atoms with Gasteiger partial charge in [0.05, 0.1) is 10.6 Å². The van der Waals surface area contributed by atoms with Crippen molar-refractivity contribution in [1.82, 2.24) is 20.2 Å². The third kappa shape index (κ3) is 3.70. The lowest BCUT2D eigenvalue weighted by Gasteiger charge is -2.35. The van der Waals surface area contributed by atoms with Crippen molar-refractivity contribution >= 4 is 34.9 Å². The number of nitrogens with one attached hydrogen (secondary N) is 1. The standard InChI is InChI=1S/C15H19N5O2S/c1-19(2)11-4-7-20(8-5-11)14-16-6-3-10(17-14)9-12-13(21)18-15(22)23-12/h3,6,9,11H,4-5,7-8H2,1-2H3,(H,18,21,22)/b12-9-. The van der Waals surface area contributed by atoms with Gasteiger partial charge in [-0.2, -0.15) is 0 Å². The molecule has 0 saturated carbocycles. The van der Waals surface area contributed by atoms with Crippen molar-refractivity contribution in [3.05, 3.63) is 22.9 Å². The lowest BCUT2D eigenvalue weighted by molar-refractivity contribution is -0.115. The second-order valence-electron chi connectivity index (χ2n) is 5.82. The van der Waals surface area contributed by atoms with Gasteiger partial charge < -0.3 is 9.80 Å². The van der Waals surface area contributed by atoms with Crippen molar-refractivity contribution in [3.8, 4) is 0 Å². The van der Waals surface area contributed by atoms with Crippen LogP contribution in [0, 0.1) is 0 Å². The molecule has 3 rings (SSSR count). The maximum Gasteiger partial charge on any atom is 0.290 e. The maximum atomic E-state index is 11.6. The monoisotopic (exact) mass is 333 g/mol. The third-order valence-corrected chi connectivity index (χ3v) is 4.87. The van der Waals surface area contributed by atoms with Crippen LogP contribution in [0.4, 0.5) is 10.7 Å². The van der Waals surface area contributed by atoms with Crippen LogP contribution in [-0.2, 0) is 4.79 Å². The van der Waals surface area contributed by atoms with Crippen LogP contribution in [0.1, 0.15) is 18.5 Å². The second-order valence-corrected chi connectivity index (χ2v) is 6.83. The molecule has 2 aliphatic heterocycles. The van der Waals surface area contributed by atoms with E-state index in [1.165, 1.54) is 0 Å². The molecule has 0 unspecified atom stereocenters. The van der Waals surface area contributed by atoms with Crippen LogP contribution >= 0.6 is 11.8 Å². The van der Waals surface area contributed by atoms with Crippen molar-refractivity contribution in [1.29, 1.82) is 0 Å². The van der Waals surface area contributed by atoms with E-state index in [9.17, 15) is 9.59 Å². The normalized spacial score (nSPS) is 21.3. The molecule has 1 N–H and O–H groups in total. The molecule has 7 nitrogen and oxygen atoms in total. The number of hydrogen-bond acceptors (Lipinski definition) is 7. The molecule has 0 bridgehead atoms. The SMILES string of the molecule is CN(C)C1CCN(c2nccc(/C=C3\SC(=O)NC3=O)n2)CC1. The molecule has 8 heteroatoms. The molecule has 3 heterocycles. The molecule has 2 amide bonds. The minimum absolute atomic E-state index is 0.346. The number of rotatable bonds is 3. The Morgan fingerprint density at radius 3 is 2.70 bits per heavy atom. The zero-order valence-electron chi connectivity index (χ0n) is 13.2. The fraction of sp³-hybridized carbons (Fsp3) is 0.467. The average Bonchev–Trinajstić information content (AvgIpc) is 2.85. The first kappa shape index (κ1) is 15.9. The van der Waals surface area contributed by atoms with Crippen molar-refractivity contribution in [2.45, 2.75) is 18.9 Å². The molecular formula is C15H19N5O2S. The van der Waals surface area contributed by atoms with Gasteiger partial charge in [-0.25, -0.2) is 9.97 Å². The fourth-order valence-corrected chi connectivity index (χ4v) is 3.40. The summed E-state index contributed by atoms with van der Waals surface area (Å²) in [5.41, 5.74) is 0.636. The Hall–Kier alpha value is -1.93. The molecule has 0 radical (unpaired) electrons. The van der Waals surface area contributed by atoms with Crippen LogP contribution < -0.4 is 10.2 Å². The third-order valence-electron chi connectivity index (χ3n) is 4.06. The van der Waals surface area contributed by atoms with Gasteiger partial charge in [0.25, 0.3) is 11.1 Å². The van der Waals surface area contributed by atoms with Crippen LogP contribution in [0.15, 0.2) is 17.2 Å². The van der Waals surface area contributed by atoms with Crippen LogP contribution in [0.2, 0.25) is 0 Å². The zero-order valence-corrected chi connectivity index (χ0v) is 14.0. The first-order valence-electron chi connectivity index (χ1n) is 7.52. The lowest BCUT2D eigenvalue weighted by atomic mass is 10.0. The summed E-state index contributed by atoms with van der Waals surface area (Å²) in [4.78, 5) is 36.4. The van der Waals surface area contributed by atoms with Crippen molar-refractivity contribution in [2.24, 2.45) is 0 Å². The molecule has 0 aliphatic carbocycles. The van der Waals surface area contributed by atoms with Gasteiger partial charge in [-0.3, -0.25) is 14.9 Å². The van der Waals surface area contributed by atoms with Crippen LogP contribution in [-0.4, -0.2) is 59.2 Å². The number of anilines is 1. The van der Waals surface area contributed by atoms with Gasteiger partial charge in [0, 0.05) is 25.3 Å². The lowest BCUT2D eigenvalue weighted by Crippen LogP contribution is -2.42. The van der Waals surface area contributed by atoms with E-state index in [-0.39, 0.29) is 11.1 Å². The van der Waals surface area contributed by atoms with E-state index >= 15 is 0 Å². The topological polar surface area (TPSA) is 78.4 Å². The molecule has 2 saturated heterocycles. The minimum atomic E-state index is -0.369. The first-order chi connectivity index (χ1) is 11.0. The zero-order chi connectivity index (χ0) is 16.4. The predicted molar refractivity (Wildman–Crippen MR) is 90.1 cm³/mol. The summed E-state index contributed by atoms with van der Waals surface area (Å²) < 4.78 is 0. The summed E-state index contributed by atoms with van der Waals surface area (Å²) in [5, 5.41) is 1.89. The summed E-state index contributed by atoms with van der Waals surface area (Å²) in [6.45, 7) is 1.83. The first-order valence-corrected chi connectivity index (χ1v) is 8.34. The van der Waals surface area contributed by atoms with Gasteiger partial charge >= 0.3 is 0 Å². The summed E-state index contributed by atoms with van der Waals surface area (Å²) in [5.74, 6) is 0.304. The highest BCUT2D eigenvalue weighted by Crippen LogP contribution is 2.25. The summed E-state index contributed by atoms with van der Waals surface area (Å²) >= 11 is 0.895. The Labute approximate surface area is 139 Å². The Balaban J connectivity index is 1.72. The molecule has 1 aromatic heterocycles. The van der Waals surface area contributed by atoms with Gasteiger partial charge in [0.15, 0.2) is 0 Å². The molecule has 0 spiro atoms. The number of aromatic nitrogens is 2. The second kappa shape index (κ2) is 6.67. The Morgan fingerprint density at radius 2 is 2.09 bits per heavy atom. The smallest absolute Gasteiger partial charge is 0.290 e. The summed E-state index contributed by atoms with van der Waals surface area (Å²) in [7, 11) is 4.21. The van der Waals surface area contributed by atoms with Crippen LogP contribution in [0.5, 0.6) is 0 Å². The maximum absolute atomic E-state index is 11.6. The molecule has 0 atom stereocenters. The van der Waals surface area contributed by atoms with Gasteiger partial charge in [-0.15, -0.1) is 0 Å². The number of piperidine rings is 1. The highest BCUT2D eigenvalue weighted by Gasteiger charge is 2.26. The molecule has 2 fully saturated rings. The largest absolute Gasteiger partial charge is 0.341 e. The van der Waals surface area contributed by atoms with E-state index in [0.717, 1.165) is 37.7 Å². The quantitative estimate of drug-likeness (QED) is 0.836. The molecule has 23 heavy (non-hydrogen) atoms. The van der Waals surface area contributed by atoms with Crippen LogP contribution in [0.25, 0.3) is 6.08 Å². The number of carbonyl (C=O) groups is 2. The summed E-state index contributed by atoms with van der Waals surface area (Å²) in [6, 6.07) is 2.33. The van der Waals surface area contributed by atoms with Gasteiger partial charge in [-0.1, -0.05) is 0 Å². The summed E-state index contributed by atoms with van der Waals surface area (Å²) in [6.07, 6.45) is 5.47. The van der Waals surface area contributed by atoms with Crippen molar-refractivity contribution in [3.63, 3.8) is 0 Å². The number of thioether (sulfide) groups is 1. The highest BCUT2D eigenvalue weighted by molar-refractivity contribution is 8.18. The number of imide groups is 1. The number of carbonyl (C=O) groups excluding carboxylic acids is 2. The Kier molecular flexibility index (Phi) is 4.63. The van der Waals surface area contributed by atoms with Crippen LogP contribution in [0.3, 0.4) is 0 Å². The molecular weight excluding hydrogens is 314 g/mol. The molecule has 1 aromatic rings. The number of nitrogens with zero attached hydrogens (tertiary/aromatic N) is 4. The van der Waals surface area contributed by atoms with E-state index < -0.39 is 0 Å². The minimum Gasteiger partial charge on any atom is -0.341 e. The van der Waals surface area contributed by atoms with Gasteiger partial charge in [-0.05, 0) is 50.8 Å². The van der Waals surface area contributed by atoms with E-state index in [2.05, 4.69) is 39.2 Å². The van der Waals surface area contributed by atoms with Gasteiger partial charge in [0.2, 0.25) is 5.95 Å². The molecule has 2 aliphatic rings. The predicted octanol–water partition coefficient (Wildman–Crippen LogP) is 1.33. The van der Waals surface area contributed by atoms with Gasteiger partial charge in [0.1, 0.15) is 0 Å². The average molecular weight is 333 g/mol. The Morgan fingerprint density at radius 1 is 1.35 bits per heavy atom. The van der Waals surface area contributed by atoms with Crippen molar-refractivity contribution in [2.75, 3.05) is 32.1 Å². The van der Waals surface area contributed by atoms with E-state index in [0.29, 0.717) is 22.6 Å². The number of amides is 2. The van der Waals surface area contributed by atoms with E-state index in [1.54, 1.807) is 18.3 Å². The highest BCUT2D eigenvalue weighted by atomic mass is 32.2. The fourth-order valence-electron chi connectivity index (χ4n) is 2.73. The van der Waals surface area contributed by atoms with Crippen molar-refractivity contribution < 1.29 is 9.59 Å². The van der Waals surface area contributed by atoms with E-state index in [1.807, 2.05) is 0 Å². The Bertz CT molecular complexity index is 653.